The Bertz CT molecular complexity index is 711. The summed E-state index contributed by atoms with van der Waals surface area (Å²) >= 11 is 0. The molecule has 0 amide bonds. The molecule has 1 aliphatic carbocycles. The van der Waals surface area contributed by atoms with Gasteiger partial charge in [-0.05, 0) is 85.6 Å². The molecule has 2 aliphatic rings. The van der Waals surface area contributed by atoms with Gasteiger partial charge < -0.3 is 10.1 Å². The second kappa shape index (κ2) is 8.48. The molecule has 0 spiro atoms. The molecule has 2 heteroatoms. The molecule has 1 heterocycles. The van der Waals surface area contributed by atoms with Crippen molar-refractivity contribution in [2.24, 2.45) is 11.8 Å². The van der Waals surface area contributed by atoms with Crippen LogP contribution in [0.4, 0.5) is 0 Å². The normalized spacial score (nSPS) is 27.4. The first kappa shape index (κ1) is 18.6. The molecule has 2 fully saturated rings. The van der Waals surface area contributed by atoms with Crippen molar-refractivity contribution in [2.45, 2.75) is 56.9 Å². The minimum Gasteiger partial charge on any atom is -0.497 e. The molecule has 0 radical (unpaired) electrons. The van der Waals surface area contributed by atoms with Gasteiger partial charge in [0.2, 0.25) is 0 Å². The summed E-state index contributed by atoms with van der Waals surface area (Å²) in [5, 5.41) is 3.78. The Balaban J connectivity index is 1.62. The average Bonchev–Trinajstić information content (AvgIpc) is 2.75. The maximum Gasteiger partial charge on any atom is 0.118 e. The van der Waals surface area contributed by atoms with E-state index in [1.165, 1.54) is 49.8 Å². The smallest absolute Gasteiger partial charge is 0.118 e. The molecule has 2 aromatic rings. The van der Waals surface area contributed by atoms with E-state index in [9.17, 15) is 0 Å². The van der Waals surface area contributed by atoms with Gasteiger partial charge in [0.15, 0.2) is 0 Å². The van der Waals surface area contributed by atoms with Crippen molar-refractivity contribution in [3.05, 3.63) is 65.7 Å². The Morgan fingerprint density at radius 1 is 0.926 bits per heavy atom. The van der Waals surface area contributed by atoms with Crippen molar-refractivity contribution < 1.29 is 4.74 Å². The Kier molecular flexibility index (Phi) is 5.83. The third-order valence-corrected chi connectivity index (χ3v) is 7.05. The molecule has 0 aromatic heterocycles. The molecule has 2 aromatic carbocycles. The van der Waals surface area contributed by atoms with E-state index < -0.39 is 0 Å². The highest BCUT2D eigenvalue weighted by Crippen LogP contribution is 2.47. The highest BCUT2D eigenvalue weighted by atomic mass is 16.5. The van der Waals surface area contributed by atoms with E-state index in [4.69, 9.17) is 4.74 Å². The van der Waals surface area contributed by atoms with Gasteiger partial charge in [-0.25, -0.2) is 0 Å². The average molecular weight is 364 g/mol. The molecule has 1 saturated carbocycles. The fraction of sp³-hybridized carbons (Fsp3) is 0.520. The van der Waals surface area contributed by atoms with Gasteiger partial charge in [0, 0.05) is 6.04 Å². The number of benzene rings is 2. The Hall–Kier alpha value is -1.80. The number of hydrogen-bond donors (Lipinski definition) is 1. The van der Waals surface area contributed by atoms with Gasteiger partial charge in [-0.1, -0.05) is 49.4 Å². The fourth-order valence-electron chi connectivity index (χ4n) is 5.63. The Morgan fingerprint density at radius 3 is 2.44 bits per heavy atom. The predicted molar refractivity (Wildman–Crippen MR) is 112 cm³/mol. The molecule has 1 saturated heterocycles. The zero-order chi connectivity index (χ0) is 18.6. The number of methoxy groups -OCH3 is 1. The lowest BCUT2D eigenvalue weighted by Gasteiger charge is -2.44. The summed E-state index contributed by atoms with van der Waals surface area (Å²) in [5.74, 6) is 3.67. The summed E-state index contributed by atoms with van der Waals surface area (Å²) < 4.78 is 5.40. The molecule has 4 rings (SSSR count). The topological polar surface area (TPSA) is 21.3 Å². The lowest BCUT2D eigenvalue weighted by atomic mass is 9.65. The molecule has 0 bridgehead atoms. The summed E-state index contributed by atoms with van der Waals surface area (Å²) in [4.78, 5) is 0. The third-order valence-electron chi connectivity index (χ3n) is 7.05. The summed E-state index contributed by atoms with van der Waals surface area (Å²) in [5.41, 5.74) is 2.93. The molecule has 2 nitrogen and oxygen atoms in total. The molecular weight excluding hydrogens is 330 g/mol. The minimum absolute atomic E-state index is 0.526. The van der Waals surface area contributed by atoms with E-state index >= 15 is 0 Å². The Labute approximate surface area is 164 Å². The van der Waals surface area contributed by atoms with Gasteiger partial charge >= 0.3 is 0 Å². The number of rotatable bonds is 5. The van der Waals surface area contributed by atoms with Crippen LogP contribution in [0.1, 0.15) is 62.0 Å². The van der Waals surface area contributed by atoms with Crippen LogP contribution < -0.4 is 10.1 Å². The largest absolute Gasteiger partial charge is 0.497 e. The molecule has 1 aliphatic heterocycles. The Morgan fingerprint density at radius 2 is 1.70 bits per heavy atom. The highest BCUT2D eigenvalue weighted by Gasteiger charge is 2.38. The molecule has 144 valence electrons. The van der Waals surface area contributed by atoms with Crippen LogP contribution in [-0.4, -0.2) is 19.7 Å². The van der Waals surface area contributed by atoms with Crippen molar-refractivity contribution >= 4 is 0 Å². The second-order valence-electron chi connectivity index (χ2n) is 8.53. The first-order chi connectivity index (χ1) is 13.3. The first-order valence-electron chi connectivity index (χ1n) is 10.7. The zero-order valence-electron chi connectivity index (χ0n) is 16.7. The van der Waals surface area contributed by atoms with Crippen LogP contribution in [0.5, 0.6) is 5.75 Å². The lowest BCUT2D eigenvalue weighted by Crippen LogP contribution is -2.45. The van der Waals surface area contributed by atoms with E-state index in [0.29, 0.717) is 11.8 Å². The van der Waals surface area contributed by atoms with Gasteiger partial charge in [-0.15, -0.1) is 0 Å². The number of hydrogen-bond acceptors (Lipinski definition) is 2. The zero-order valence-corrected chi connectivity index (χ0v) is 16.7. The summed E-state index contributed by atoms with van der Waals surface area (Å²) in [7, 11) is 1.75. The quantitative estimate of drug-likeness (QED) is 0.730. The van der Waals surface area contributed by atoms with Crippen molar-refractivity contribution in [3.8, 4) is 5.75 Å². The van der Waals surface area contributed by atoms with E-state index in [1.54, 1.807) is 7.11 Å². The number of ether oxygens (including phenoxy) is 1. The molecule has 27 heavy (non-hydrogen) atoms. The van der Waals surface area contributed by atoms with Crippen LogP contribution in [0.25, 0.3) is 0 Å². The van der Waals surface area contributed by atoms with Crippen LogP contribution in [-0.2, 0) is 0 Å². The maximum atomic E-state index is 5.40. The number of fused-ring (bicyclic) bond motifs is 1. The molecule has 1 unspecified atom stereocenters. The fourth-order valence-corrected chi connectivity index (χ4v) is 5.63. The number of piperidine rings is 1. The van der Waals surface area contributed by atoms with Crippen molar-refractivity contribution in [1.82, 2.24) is 5.32 Å². The highest BCUT2D eigenvalue weighted by molar-refractivity contribution is 5.33. The van der Waals surface area contributed by atoms with Crippen molar-refractivity contribution in [3.63, 3.8) is 0 Å². The van der Waals surface area contributed by atoms with Gasteiger partial charge in [-0.3, -0.25) is 0 Å². The van der Waals surface area contributed by atoms with Gasteiger partial charge in [0.1, 0.15) is 5.75 Å². The predicted octanol–water partition coefficient (Wildman–Crippen LogP) is 5.75. The molecule has 5 atom stereocenters. The van der Waals surface area contributed by atoms with Gasteiger partial charge in [0.05, 0.1) is 7.11 Å². The maximum absolute atomic E-state index is 5.40. The second-order valence-corrected chi connectivity index (χ2v) is 8.53. The van der Waals surface area contributed by atoms with E-state index in [0.717, 1.165) is 23.6 Å². The van der Waals surface area contributed by atoms with Crippen LogP contribution in [0.3, 0.4) is 0 Å². The van der Waals surface area contributed by atoms with Crippen LogP contribution in [0.2, 0.25) is 0 Å². The van der Waals surface area contributed by atoms with Crippen molar-refractivity contribution in [2.75, 3.05) is 13.7 Å². The minimum atomic E-state index is 0.526. The first-order valence-corrected chi connectivity index (χ1v) is 10.7. The monoisotopic (exact) mass is 363 g/mol. The van der Waals surface area contributed by atoms with Crippen LogP contribution >= 0.6 is 0 Å². The third kappa shape index (κ3) is 4.06. The van der Waals surface area contributed by atoms with E-state index in [-0.39, 0.29) is 0 Å². The molecular formula is C25H33NO. The summed E-state index contributed by atoms with van der Waals surface area (Å²) in [6, 6.07) is 20.7. The van der Waals surface area contributed by atoms with Crippen molar-refractivity contribution in [1.29, 1.82) is 0 Å². The van der Waals surface area contributed by atoms with E-state index in [1.807, 2.05) is 0 Å². The van der Waals surface area contributed by atoms with E-state index in [2.05, 4.69) is 66.8 Å². The standard InChI is InChI=1S/C25H33NO/c1-18(19-7-4-3-5-8-19)25(20-10-13-23(27-2)14-11-20)22-12-15-24-21(17-22)9-6-16-26-24/h3-5,7-8,10-11,13-14,18,21-22,24-26H,6,9,12,15-17H2,1-2H3/t18?,21-,22-,24-,25-/m1/s1. The van der Waals surface area contributed by atoms with Gasteiger partial charge in [-0.2, -0.15) is 0 Å². The number of nitrogens with one attached hydrogen (secondary N) is 1. The SMILES string of the molecule is COc1ccc([C@@H](C(C)c2ccccc2)[C@@H]2CC[C@H]3NCCC[C@@H]3C2)cc1. The lowest BCUT2D eigenvalue weighted by molar-refractivity contribution is 0.143. The summed E-state index contributed by atoms with van der Waals surface area (Å²) in [6.45, 7) is 3.64. The van der Waals surface area contributed by atoms with Gasteiger partial charge in [0.25, 0.3) is 0 Å². The van der Waals surface area contributed by atoms with Crippen LogP contribution in [0.15, 0.2) is 54.6 Å². The molecule has 1 N–H and O–H groups in total. The van der Waals surface area contributed by atoms with Crippen LogP contribution in [0, 0.1) is 11.8 Å². The summed E-state index contributed by atoms with van der Waals surface area (Å²) in [6.07, 6.45) is 6.79.